The van der Waals surface area contributed by atoms with Gasteiger partial charge in [-0.2, -0.15) is 0 Å². The number of aromatic hydroxyl groups is 1. The summed E-state index contributed by atoms with van der Waals surface area (Å²) in [5, 5.41) is 56.5. The van der Waals surface area contributed by atoms with Gasteiger partial charge in [0.05, 0.1) is 11.7 Å². The van der Waals surface area contributed by atoms with Crippen LogP contribution in [0.25, 0.3) is 10.4 Å². The Labute approximate surface area is 197 Å². The third kappa shape index (κ3) is 2.64. The van der Waals surface area contributed by atoms with Crippen molar-refractivity contribution in [2.45, 2.75) is 31.0 Å². The summed E-state index contributed by atoms with van der Waals surface area (Å²) in [5.41, 5.74) is 2.09. The number of Topliss-reactive ketones (excluding diaryl/α,β-unsaturated/α-hetero) is 2. The molecule has 9 nitrogen and oxygen atoms in total. The lowest BCUT2D eigenvalue weighted by Crippen LogP contribution is -2.62. The van der Waals surface area contributed by atoms with E-state index in [0.29, 0.717) is 11.1 Å². The molecular weight excluding hydrogens is 462 g/mol. The second-order valence-corrected chi connectivity index (χ2v) is 9.83. The molecular formula is C24H21NO8S. The number of allylic oxidation sites excluding steroid dienone is 1. The number of hydrogen-bond donors (Lipinski definition) is 6. The van der Waals surface area contributed by atoms with Crippen molar-refractivity contribution in [2.24, 2.45) is 17.6 Å². The van der Waals surface area contributed by atoms with E-state index in [1.165, 1.54) is 17.4 Å². The average Bonchev–Trinajstić information content (AvgIpc) is 3.31. The van der Waals surface area contributed by atoms with Crippen molar-refractivity contribution in [2.75, 3.05) is 0 Å². The first-order valence-electron chi connectivity index (χ1n) is 10.6. The van der Waals surface area contributed by atoms with Crippen LogP contribution in [-0.4, -0.2) is 54.7 Å². The molecule has 1 aromatic heterocycles. The van der Waals surface area contributed by atoms with Crippen LogP contribution < -0.4 is 5.73 Å². The lowest BCUT2D eigenvalue weighted by molar-refractivity contribution is -0.154. The van der Waals surface area contributed by atoms with Gasteiger partial charge >= 0.3 is 0 Å². The highest BCUT2D eigenvalue weighted by atomic mass is 32.1. The molecule has 0 fully saturated rings. The van der Waals surface area contributed by atoms with E-state index in [1.807, 2.05) is 17.5 Å². The Balaban J connectivity index is 1.78. The molecule has 0 aliphatic heterocycles. The first kappa shape index (κ1) is 22.3. The zero-order valence-corrected chi connectivity index (χ0v) is 18.7. The molecule has 3 aliphatic rings. The molecule has 0 bridgehead atoms. The lowest BCUT2D eigenvalue weighted by Gasteiger charge is -2.50. The van der Waals surface area contributed by atoms with Gasteiger partial charge in [-0.25, -0.2) is 0 Å². The van der Waals surface area contributed by atoms with Crippen molar-refractivity contribution >= 4 is 28.8 Å². The summed E-state index contributed by atoms with van der Waals surface area (Å²) in [7, 11) is 0. The van der Waals surface area contributed by atoms with Crippen LogP contribution in [0.3, 0.4) is 0 Å². The first-order chi connectivity index (χ1) is 16.0. The minimum atomic E-state index is -2.84. The molecule has 0 unspecified atom stereocenters. The number of carbonyl (C=O) groups is 3. The fourth-order valence-electron chi connectivity index (χ4n) is 5.72. The molecule has 1 aromatic carbocycles. The highest BCUT2D eigenvalue weighted by Gasteiger charge is 2.64. The van der Waals surface area contributed by atoms with Gasteiger partial charge in [-0.1, -0.05) is 13.0 Å². The van der Waals surface area contributed by atoms with Crippen molar-refractivity contribution in [3.8, 4) is 16.2 Å². The van der Waals surface area contributed by atoms with Gasteiger partial charge in [0.2, 0.25) is 5.78 Å². The number of phenols is 1. The third-order valence-corrected chi connectivity index (χ3v) is 8.17. The van der Waals surface area contributed by atoms with E-state index < -0.39 is 76.0 Å². The molecule has 5 atom stereocenters. The number of thiophene rings is 1. The number of aliphatic hydroxyl groups is 4. The number of rotatable bonds is 2. The molecule has 1 amide bonds. The number of hydrogen-bond acceptors (Lipinski definition) is 9. The fourth-order valence-corrected chi connectivity index (χ4v) is 6.49. The Morgan fingerprint density at radius 1 is 1.18 bits per heavy atom. The molecule has 7 N–H and O–H groups in total. The van der Waals surface area contributed by atoms with Crippen LogP contribution in [0.1, 0.15) is 35.2 Å². The normalized spacial score (nSPS) is 30.7. The highest BCUT2D eigenvalue weighted by Crippen LogP contribution is 2.56. The molecule has 5 rings (SSSR count). The summed E-state index contributed by atoms with van der Waals surface area (Å²) in [4.78, 5) is 39.3. The molecule has 0 spiro atoms. The summed E-state index contributed by atoms with van der Waals surface area (Å²) in [5.74, 6) is -8.72. The van der Waals surface area contributed by atoms with Gasteiger partial charge in [-0.15, -0.1) is 11.3 Å². The molecule has 34 heavy (non-hydrogen) atoms. The van der Waals surface area contributed by atoms with Gasteiger partial charge in [-0.3, -0.25) is 14.4 Å². The van der Waals surface area contributed by atoms with Crippen LogP contribution in [0, 0.1) is 11.8 Å². The number of fused-ring (bicyclic) bond motifs is 3. The standard InChI is InChI=1S/C24H21NO8S/c1-8-14-9(13-3-2-6-34-13)4-5-11(26)16(14)20(29)18-15(8)19(28)10-7-12(27)17(23(25)32)21(30)24(10,33)22(18)31/h2-6,8,10,15,19,26-28,31,33H,7H2,1H3,(H2,25,32)/t8-,10+,15+,19+,24+/m0/s1. The van der Waals surface area contributed by atoms with Crippen molar-refractivity contribution < 1.29 is 39.9 Å². The molecule has 176 valence electrons. The zero-order chi connectivity index (χ0) is 24.7. The molecule has 0 saturated heterocycles. The van der Waals surface area contributed by atoms with Crippen molar-refractivity contribution in [1.82, 2.24) is 0 Å². The predicted octanol–water partition coefficient (Wildman–Crippen LogP) is 1.84. The van der Waals surface area contributed by atoms with Crippen LogP contribution in [-0.2, 0) is 9.59 Å². The van der Waals surface area contributed by atoms with Crippen LogP contribution in [0.2, 0.25) is 0 Å². The van der Waals surface area contributed by atoms with Crippen LogP contribution in [0.4, 0.5) is 0 Å². The van der Waals surface area contributed by atoms with E-state index in [2.05, 4.69) is 0 Å². The van der Waals surface area contributed by atoms with Crippen molar-refractivity contribution in [1.29, 1.82) is 0 Å². The number of primary amides is 1. The molecule has 10 heteroatoms. The summed E-state index contributed by atoms with van der Waals surface area (Å²) in [6, 6.07) is 6.70. The maximum absolute atomic E-state index is 13.6. The molecule has 0 saturated carbocycles. The Kier molecular flexibility index (Phi) is 4.77. The van der Waals surface area contributed by atoms with Gasteiger partial charge in [-0.05, 0) is 40.6 Å². The van der Waals surface area contributed by atoms with Gasteiger partial charge in [0.15, 0.2) is 11.4 Å². The molecule has 1 heterocycles. The minimum Gasteiger partial charge on any atom is -0.511 e. The van der Waals surface area contributed by atoms with E-state index in [-0.39, 0.29) is 11.3 Å². The SMILES string of the molecule is C[C@H]1c2c(-c3cccs3)ccc(O)c2C(=O)C2=C(O)[C@]3(O)C(=O)C(C(N)=O)=C(O)C[C@@H]3[C@@H](O)[C@@H]21. The molecule has 3 aliphatic carbocycles. The Bertz CT molecular complexity index is 1340. The van der Waals surface area contributed by atoms with Crippen LogP contribution >= 0.6 is 11.3 Å². The first-order valence-corrected chi connectivity index (χ1v) is 11.4. The number of ketones is 2. The van der Waals surface area contributed by atoms with E-state index in [4.69, 9.17) is 5.73 Å². The van der Waals surface area contributed by atoms with E-state index in [9.17, 15) is 39.9 Å². The number of amides is 1. The fraction of sp³-hybridized carbons (Fsp3) is 0.292. The number of phenolic OH excluding ortho intramolecular Hbond substituents is 1. The highest BCUT2D eigenvalue weighted by molar-refractivity contribution is 7.13. The second kappa shape index (κ2) is 7.26. The van der Waals surface area contributed by atoms with Crippen molar-refractivity contribution in [3.05, 3.63) is 63.4 Å². The minimum absolute atomic E-state index is 0.0952. The van der Waals surface area contributed by atoms with Gasteiger partial charge in [0.25, 0.3) is 5.91 Å². The largest absolute Gasteiger partial charge is 0.511 e. The van der Waals surface area contributed by atoms with Crippen LogP contribution in [0.15, 0.2) is 52.3 Å². The maximum atomic E-state index is 13.6. The molecule has 2 aromatic rings. The quantitative estimate of drug-likeness (QED) is 0.350. The monoisotopic (exact) mass is 483 g/mol. The van der Waals surface area contributed by atoms with Crippen LogP contribution in [0.5, 0.6) is 5.75 Å². The lowest BCUT2D eigenvalue weighted by atomic mass is 9.56. The summed E-state index contributed by atoms with van der Waals surface area (Å²) in [6.07, 6.45) is -2.07. The number of carbonyl (C=O) groups excluding carboxylic acids is 3. The van der Waals surface area contributed by atoms with E-state index >= 15 is 0 Å². The molecule has 0 radical (unpaired) electrons. The third-order valence-electron chi connectivity index (χ3n) is 7.26. The maximum Gasteiger partial charge on any atom is 0.255 e. The Morgan fingerprint density at radius 3 is 2.50 bits per heavy atom. The number of benzene rings is 1. The predicted molar refractivity (Wildman–Crippen MR) is 120 cm³/mol. The Morgan fingerprint density at radius 2 is 1.88 bits per heavy atom. The van der Waals surface area contributed by atoms with E-state index in [0.717, 1.165) is 4.88 Å². The summed E-state index contributed by atoms with van der Waals surface area (Å²) >= 11 is 1.43. The zero-order valence-electron chi connectivity index (χ0n) is 17.8. The van der Waals surface area contributed by atoms with Gasteiger partial charge in [0, 0.05) is 28.7 Å². The van der Waals surface area contributed by atoms with Crippen molar-refractivity contribution in [3.63, 3.8) is 0 Å². The average molecular weight is 483 g/mol. The topological polar surface area (TPSA) is 178 Å². The number of aliphatic hydroxyl groups excluding tert-OH is 3. The van der Waals surface area contributed by atoms with Gasteiger partial charge < -0.3 is 31.3 Å². The van der Waals surface area contributed by atoms with E-state index in [1.54, 1.807) is 13.0 Å². The number of nitrogens with two attached hydrogens (primary N) is 1. The smallest absolute Gasteiger partial charge is 0.255 e. The van der Waals surface area contributed by atoms with Gasteiger partial charge in [0.1, 0.15) is 22.8 Å². The Hall–Kier alpha value is -3.47. The summed E-state index contributed by atoms with van der Waals surface area (Å²) < 4.78 is 0. The summed E-state index contributed by atoms with van der Waals surface area (Å²) in [6.45, 7) is 1.71. The second-order valence-electron chi connectivity index (χ2n) is 8.89.